The summed E-state index contributed by atoms with van der Waals surface area (Å²) in [5, 5.41) is 11.8. The largest absolute Gasteiger partial charge is 0.370 e. The van der Waals surface area contributed by atoms with E-state index in [4.69, 9.17) is 5.26 Å². The van der Waals surface area contributed by atoms with Gasteiger partial charge in [-0.1, -0.05) is 0 Å². The maximum atomic E-state index is 8.69. The Hall–Kier alpha value is -1.83. The molecule has 0 spiro atoms. The van der Waals surface area contributed by atoms with Gasteiger partial charge in [-0.3, -0.25) is 4.90 Å². The molecule has 1 rings (SSSR count). The molecular formula is C9H13N5. The van der Waals surface area contributed by atoms with E-state index in [-0.39, 0.29) is 0 Å². The average Bonchev–Trinajstić information content (AvgIpc) is 2.16. The van der Waals surface area contributed by atoms with Crippen molar-refractivity contribution in [3.8, 4) is 6.19 Å². The van der Waals surface area contributed by atoms with E-state index in [0.717, 1.165) is 12.4 Å². The Morgan fingerprint density at radius 3 is 2.86 bits per heavy atom. The minimum atomic E-state index is 0.607. The minimum absolute atomic E-state index is 0.607. The van der Waals surface area contributed by atoms with E-state index in [1.54, 1.807) is 20.0 Å². The molecule has 5 nitrogen and oxygen atoms in total. The van der Waals surface area contributed by atoms with Crippen molar-refractivity contribution in [2.45, 2.75) is 13.8 Å². The highest BCUT2D eigenvalue weighted by Gasteiger charge is 2.04. The second-order valence-electron chi connectivity index (χ2n) is 2.85. The molecule has 0 fully saturated rings. The maximum absolute atomic E-state index is 8.69. The summed E-state index contributed by atoms with van der Waals surface area (Å²) >= 11 is 0. The Morgan fingerprint density at radius 1 is 1.57 bits per heavy atom. The van der Waals surface area contributed by atoms with Gasteiger partial charge in [-0.05, 0) is 13.8 Å². The number of hydrogen-bond donors (Lipinski definition) is 1. The smallest absolute Gasteiger partial charge is 0.185 e. The van der Waals surface area contributed by atoms with Gasteiger partial charge in [0.05, 0.1) is 0 Å². The van der Waals surface area contributed by atoms with Crippen LogP contribution in [0.3, 0.4) is 0 Å². The van der Waals surface area contributed by atoms with Crippen molar-refractivity contribution in [3.05, 3.63) is 11.9 Å². The summed E-state index contributed by atoms with van der Waals surface area (Å²) in [7, 11) is 1.66. The van der Waals surface area contributed by atoms with E-state index in [2.05, 4.69) is 15.3 Å². The topological polar surface area (TPSA) is 64.8 Å². The van der Waals surface area contributed by atoms with E-state index in [1.165, 1.54) is 4.90 Å². The Morgan fingerprint density at radius 2 is 2.29 bits per heavy atom. The standard InChI is InChI=1S/C9H13N5/c1-4-11-8-5-9(14(3)6-10)13-7(2)12-8/h5H,4H2,1-3H3,(H,11,12,13). The molecule has 5 heteroatoms. The predicted molar refractivity (Wildman–Crippen MR) is 54.9 cm³/mol. The van der Waals surface area contributed by atoms with Gasteiger partial charge in [0.15, 0.2) is 6.19 Å². The number of nitrogens with one attached hydrogen (secondary N) is 1. The Balaban J connectivity index is 3.02. The second kappa shape index (κ2) is 4.42. The first-order valence-corrected chi connectivity index (χ1v) is 4.40. The van der Waals surface area contributed by atoms with E-state index < -0.39 is 0 Å². The molecule has 1 aromatic heterocycles. The SMILES string of the molecule is CCNc1cc(N(C)C#N)nc(C)n1. The zero-order valence-electron chi connectivity index (χ0n) is 8.57. The van der Waals surface area contributed by atoms with Crippen molar-refractivity contribution in [1.29, 1.82) is 5.26 Å². The molecule has 1 heterocycles. The molecule has 0 saturated heterocycles. The van der Waals surface area contributed by atoms with Gasteiger partial charge >= 0.3 is 0 Å². The maximum Gasteiger partial charge on any atom is 0.185 e. The fourth-order valence-electron chi connectivity index (χ4n) is 1.05. The van der Waals surface area contributed by atoms with E-state index in [9.17, 15) is 0 Å². The molecule has 1 N–H and O–H groups in total. The molecule has 1 aromatic rings. The van der Waals surface area contributed by atoms with Crippen LogP contribution in [-0.4, -0.2) is 23.6 Å². The number of rotatable bonds is 3. The van der Waals surface area contributed by atoms with Crippen LogP contribution in [0.2, 0.25) is 0 Å². The summed E-state index contributed by atoms with van der Waals surface area (Å²) in [6, 6.07) is 1.75. The van der Waals surface area contributed by atoms with E-state index >= 15 is 0 Å². The molecule has 0 aromatic carbocycles. The van der Waals surface area contributed by atoms with Crippen LogP contribution >= 0.6 is 0 Å². The normalized spacial score (nSPS) is 9.29. The van der Waals surface area contributed by atoms with Gasteiger partial charge in [0.25, 0.3) is 0 Å². The lowest BCUT2D eigenvalue weighted by Crippen LogP contribution is -2.12. The van der Waals surface area contributed by atoms with Gasteiger partial charge in [0.1, 0.15) is 17.5 Å². The molecule has 0 aliphatic heterocycles. The average molecular weight is 191 g/mol. The summed E-state index contributed by atoms with van der Waals surface area (Å²) in [6.07, 6.45) is 1.99. The quantitative estimate of drug-likeness (QED) is 0.573. The Kier molecular flexibility index (Phi) is 3.24. The summed E-state index contributed by atoms with van der Waals surface area (Å²) in [5.41, 5.74) is 0. The lowest BCUT2D eigenvalue weighted by atomic mass is 10.4. The monoisotopic (exact) mass is 191 g/mol. The fourth-order valence-corrected chi connectivity index (χ4v) is 1.05. The van der Waals surface area contributed by atoms with Gasteiger partial charge in [0.2, 0.25) is 0 Å². The zero-order chi connectivity index (χ0) is 10.6. The van der Waals surface area contributed by atoms with Crippen LogP contribution in [0, 0.1) is 18.4 Å². The van der Waals surface area contributed by atoms with Gasteiger partial charge in [-0.15, -0.1) is 0 Å². The van der Waals surface area contributed by atoms with Gasteiger partial charge in [0, 0.05) is 19.7 Å². The van der Waals surface area contributed by atoms with Crippen LogP contribution in [0.15, 0.2) is 6.07 Å². The number of aromatic nitrogens is 2. The van der Waals surface area contributed by atoms with Crippen molar-refractivity contribution >= 4 is 11.6 Å². The van der Waals surface area contributed by atoms with Crippen LogP contribution in [-0.2, 0) is 0 Å². The van der Waals surface area contributed by atoms with E-state index in [0.29, 0.717) is 11.6 Å². The van der Waals surface area contributed by atoms with Crippen LogP contribution in [0.4, 0.5) is 11.6 Å². The summed E-state index contributed by atoms with van der Waals surface area (Å²) < 4.78 is 0. The highest BCUT2D eigenvalue weighted by atomic mass is 15.2. The van der Waals surface area contributed by atoms with Crippen LogP contribution in [0.1, 0.15) is 12.7 Å². The van der Waals surface area contributed by atoms with Crippen LogP contribution < -0.4 is 10.2 Å². The van der Waals surface area contributed by atoms with Gasteiger partial charge in [-0.2, -0.15) is 5.26 Å². The van der Waals surface area contributed by atoms with Crippen molar-refractivity contribution in [2.24, 2.45) is 0 Å². The molecule has 74 valence electrons. The van der Waals surface area contributed by atoms with E-state index in [1.807, 2.05) is 13.1 Å². The second-order valence-corrected chi connectivity index (χ2v) is 2.85. The lowest BCUT2D eigenvalue weighted by Gasteiger charge is -2.10. The fraction of sp³-hybridized carbons (Fsp3) is 0.444. The predicted octanol–water partition coefficient (Wildman–Crippen LogP) is 1.13. The highest BCUT2D eigenvalue weighted by Crippen LogP contribution is 2.13. The van der Waals surface area contributed by atoms with Crippen molar-refractivity contribution in [2.75, 3.05) is 23.8 Å². The highest BCUT2D eigenvalue weighted by molar-refractivity contribution is 5.51. The first-order chi connectivity index (χ1) is 6.67. The molecule has 0 bridgehead atoms. The Labute approximate surface area is 83.4 Å². The molecule has 0 radical (unpaired) electrons. The number of nitrogens with zero attached hydrogens (tertiary/aromatic N) is 4. The molecule has 14 heavy (non-hydrogen) atoms. The molecule has 0 aliphatic rings. The first-order valence-electron chi connectivity index (χ1n) is 4.40. The summed E-state index contributed by atoms with van der Waals surface area (Å²) in [6.45, 7) is 4.59. The number of aryl methyl sites for hydroxylation is 1. The minimum Gasteiger partial charge on any atom is -0.370 e. The third-order valence-electron chi connectivity index (χ3n) is 1.68. The van der Waals surface area contributed by atoms with Crippen LogP contribution in [0.5, 0.6) is 0 Å². The Bertz CT molecular complexity index is 355. The van der Waals surface area contributed by atoms with Gasteiger partial charge in [-0.25, -0.2) is 9.97 Å². The zero-order valence-corrected chi connectivity index (χ0v) is 8.57. The summed E-state index contributed by atoms with van der Waals surface area (Å²) in [4.78, 5) is 9.72. The molecule has 0 saturated carbocycles. The van der Waals surface area contributed by atoms with Crippen molar-refractivity contribution < 1.29 is 0 Å². The molecule has 0 aliphatic carbocycles. The number of anilines is 2. The van der Waals surface area contributed by atoms with Crippen molar-refractivity contribution in [3.63, 3.8) is 0 Å². The third-order valence-corrected chi connectivity index (χ3v) is 1.68. The molecular weight excluding hydrogens is 178 g/mol. The van der Waals surface area contributed by atoms with Crippen molar-refractivity contribution in [1.82, 2.24) is 9.97 Å². The lowest BCUT2D eigenvalue weighted by molar-refractivity contribution is 1.00. The first kappa shape index (κ1) is 10.3. The summed E-state index contributed by atoms with van der Waals surface area (Å²) in [5.74, 6) is 2.01. The van der Waals surface area contributed by atoms with Crippen LogP contribution in [0.25, 0.3) is 0 Å². The number of nitriles is 1. The third kappa shape index (κ3) is 2.33. The molecule has 0 amide bonds. The molecule has 0 atom stereocenters. The number of hydrogen-bond acceptors (Lipinski definition) is 5. The molecule has 0 unspecified atom stereocenters. The van der Waals surface area contributed by atoms with Gasteiger partial charge < -0.3 is 5.32 Å².